The van der Waals surface area contributed by atoms with Gasteiger partial charge in [0.05, 0.1) is 12.2 Å². The second-order valence-electron chi connectivity index (χ2n) is 5.92. The molecular weight excluding hydrogens is 352 g/mol. The maximum absolute atomic E-state index is 12.6. The molecule has 0 aliphatic rings. The molecule has 0 fully saturated rings. The molecule has 1 heterocycles. The molecule has 0 bridgehead atoms. The Balaban J connectivity index is 2.28. The number of carbonyl (C=O) groups excluding carboxylic acids is 3. The summed E-state index contributed by atoms with van der Waals surface area (Å²) in [5, 5.41) is 5.37. The largest absolute Gasteiger partial charge is 0.450 e. The van der Waals surface area contributed by atoms with Gasteiger partial charge in [0.2, 0.25) is 0 Å². The van der Waals surface area contributed by atoms with Crippen LogP contribution in [0.5, 0.6) is 0 Å². The van der Waals surface area contributed by atoms with Crippen LogP contribution in [-0.4, -0.2) is 24.5 Å². The molecule has 0 radical (unpaired) electrons. The zero-order chi connectivity index (χ0) is 19.4. The Hall–Kier alpha value is -2.67. The lowest BCUT2D eigenvalue weighted by Crippen LogP contribution is -2.31. The molecule has 0 spiro atoms. The Morgan fingerprint density at radius 2 is 1.73 bits per heavy atom. The van der Waals surface area contributed by atoms with Crippen molar-refractivity contribution in [2.75, 3.05) is 11.9 Å². The molecule has 0 atom stereocenters. The summed E-state index contributed by atoms with van der Waals surface area (Å²) in [6.07, 6.45) is -0.813. The van der Waals surface area contributed by atoms with E-state index in [4.69, 9.17) is 4.74 Å². The Labute approximate surface area is 156 Å². The van der Waals surface area contributed by atoms with Crippen LogP contribution in [0.4, 0.5) is 9.80 Å². The quantitative estimate of drug-likeness (QED) is 0.843. The third-order valence-corrected chi connectivity index (χ3v) is 5.22. The number of aryl methyl sites for hydroxylation is 3. The Morgan fingerprint density at radius 3 is 2.35 bits per heavy atom. The first-order chi connectivity index (χ1) is 12.2. The minimum atomic E-state index is -0.813. The first kappa shape index (κ1) is 19.7. The number of imide groups is 1. The summed E-state index contributed by atoms with van der Waals surface area (Å²) >= 11 is 1.30. The number of anilines is 1. The third kappa shape index (κ3) is 4.29. The summed E-state index contributed by atoms with van der Waals surface area (Å²) in [5.41, 5.74) is 3.61. The predicted molar refractivity (Wildman–Crippen MR) is 102 cm³/mol. The van der Waals surface area contributed by atoms with E-state index >= 15 is 0 Å². The van der Waals surface area contributed by atoms with Gasteiger partial charge in [-0.15, -0.1) is 11.3 Å². The van der Waals surface area contributed by atoms with Crippen LogP contribution in [0.1, 0.15) is 49.2 Å². The Bertz CT molecular complexity index is 871. The summed E-state index contributed by atoms with van der Waals surface area (Å²) < 4.78 is 4.74. The molecule has 2 rings (SSSR count). The van der Waals surface area contributed by atoms with Crippen molar-refractivity contribution in [2.24, 2.45) is 0 Å². The molecule has 0 aliphatic carbocycles. The van der Waals surface area contributed by atoms with Crippen molar-refractivity contribution in [3.8, 4) is 0 Å². The van der Waals surface area contributed by atoms with Crippen molar-refractivity contribution in [1.82, 2.24) is 5.32 Å². The molecule has 26 heavy (non-hydrogen) atoms. The summed E-state index contributed by atoms with van der Waals surface area (Å²) in [7, 11) is 0. The van der Waals surface area contributed by atoms with Crippen LogP contribution in [0.2, 0.25) is 0 Å². The lowest BCUT2D eigenvalue weighted by molar-refractivity contribution is 0.0925. The maximum atomic E-state index is 12.6. The predicted octanol–water partition coefficient (Wildman–Crippen LogP) is 4.12. The van der Waals surface area contributed by atoms with Gasteiger partial charge in [-0.1, -0.05) is 6.07 Å². The van der Waals surface area contributed by atoms with Gasteiger partial charge in [-0.2, -0.15) is 0 Å². The molecule has 1 aromatic heterocycles. The van der Waals surface area contributed by atoms with Gasteiger partial charge in [0.25, 0.3) is 11.8 Å². The average Bonchev–Trinajstić information content (AvgIpc) is 2.84. The lowest BCUT2D eigenvalue weighted by atomic mass is 10.1. The fourth-order valence-electron chi connectivity index (χ4n) is 2.37. The minimum Gasteiger partial charge on any atom is -0.450 e. The SMILES string of the molecule is CCOC(=O)NC(=O)c1c(NC(=O)c2ccc(C)c(C)c2)sc(C)c1C. The van der Waals surface area contributed by atoms with E-state index in [1.807, 2.05) is 26.8 Å². The Morgan fingerprint density at radius 1 is 1.04 bits per heavy atom. The van der Waals surface area contributed by atoms with Crippen molar-refractivity contribution in [3.63, 3.8) is 0 Å². The molecule has 1 aromatic carbocycles. The van der Waals surface area contributed by atoms with Crippen LogP contribution in [-0.2, 0) is 4.74 Å². The van der Waals surface area contributed by atoms with Crippen LogP contribution in [0.15, 0.2) is 18.2 Å². The number of thiophene rings is 1. The molecule has 7 heteroatoms. The van der Waals surface area contributed by atoms with E-state index in [-0.39, 0.29) is 18.1 Å². The van der Waals surface area contributed by atoms with Crippen LogP contribution in [0.25, 0.3) is 0 Å². The fraction of sp³-hybridized carbons (Fsp3) is 0.316. The van der Waals surface area contributed by atoms with Gasteiger partial charge >= 0.3 is 6.09 Å². The normalized spacial score (nSPS) is 10.3. The van der Waals surface area contributed by atoms with Gasteiger partial charge in [-0.25, -0.2) is 4.79 Å². The van der Waals surface area contributed by atoms with Crippen molar-refractivity contribution >= 4 is 34.2 Å². The van der Waals surface area contributed by atoms with Crippen molar-refractivity contribution < 1.29 is 19.1 Å². The maximum Gasteiger partial charge on any atom is 0.414 e. The number of carbonyl (C=O) groups is 3. The number of hydrogen-bond acceptors (Lipinski definition) is 5. The molecule has 138 valence electrons. The summed E-state index contributed by atoms with van der Waals surface area (Å²) in [4.78, 5) is 37.4. The monoisotopic (exact) mass is 374 g/mol. The van der Waals surface area contributed by atoms with Crippen LogP contribution < -0.4 is 10.6 Å². The number of ether oxygens (including phenoxy) is 1. The Kier molecular flexibility index (Phi) is 6.15. The zero-order valence-electron chi connectivity index (χ0n) is 15.5. The lowest BCUT2D eigenvalue weighted by Gasteiger charge is -2.09. The number of amides is 3. The molecule has 6 nitrogen and oxygen atoms in total. The summed E-state index contributed by atoms with van der Waals surface area (Å²) in [5.74, 6) is -0.903. The van der Waals surface area contributed by atoms with Gasteiger partial charge < -0.3 is 10.1 Å². The van der Waals surface area contributed by atoms with Crippen molar-refractivity contribution in [1.29, 1.82) is 0 Å². The molecule has 0 unspecified atom stereocenters. The number of alkyl carbamates (subject to hydrolysis) is 1. The number of hydrogen-bond donors (Lipinski definition) is 2. The number of rotatable bonds is 4. The van der Waals surface area contributed by atoms with Gasteiger partial charge in [0.15, 0.2) is 0 Å². The molecule has 3 amide bonds. The second kappa shape index (κ2) is 8.14. The highest BCUT2D eigenvalue weighted by molar-refractivity contribution is 7.16. The van der Waals surface area contributed by atoms with E-state index in [9.17, 15) is 14.4 Å². The molecular formula is C19H22N2O4S. The van der Waals surface area contributed by atoms with E-state index in [0.717, 1.165) is 16.0 Å². The first-order valence-electron chi connectivity index (χ1n) is 8.21. The van der Waals surface area contributed by atoms with E-state index < -0.39 is 12.0 Å². The summed E-state index contributed by atoms with van der Waals surface area (Å²) in [6, 6.07) is 5.42. The van der Waals surface area contributed by atoms with Gasteiger partial charge in [0, 0.05) is 10.4 Å². The van der Waals surface area contributed by atoms with E-state index in [1.165, 1.54) is 11.3 Å². The van der Waals surface area contributed by atoms with E-state index in [1.54, 1.807) is 26.0 Å². The molecule has 0 saturated carbocycles. The third-order valence-electron chi connectivity index (χ3n) is 4.10. The van der Waals surface area contributed by atoms with E-state index in [0.29, 0.717) is 16.1 Å². The first-order valence-corrected chi connectivity index (χ1v) is 9.03. The van der Waals surface area contributed by atoms with Crippen LogP contribution in [0, 0.1) is 27.7 Å². The zero-order valence-corrected chi connectivity index (χ0v) is 16.3. The molecule has 0 aliphatic heterocycles. The number of nitrogens with one attached hydrogen (secondary N) is 2. The average molecular weight is 374 g/mol. The molecule has 2 N–H and O–H groups in total. The topological polar surface area (TPSA) is 84.5 Å². The highest BCUT2D eigenvalue weighted by Crippen LogP contribution is 2.32. The van der Waals surface area contributed by atoms with E-state index in [2.05, 4.69) is 10.6 Å². The highest BCUT2D eigenvalue weighted by atomic mass is 32.1. The van der Waals surface area contributed by atoms with Crippen molar-refractivity contribution in [3.05, 3.63) is 50.9 Å². The molecule has 0 saturated heterocycles. The fourth-order valence-corrected chi connectivity index (χ4v) is 3.42. The summed E-state index contributed by atoms with van der Waals surface area (Å²) in [6.45, 7) is 9.35. The van der Waals surface area contributed by atoms with Crippen LogP contribution >= 0.6 is 11.3 Å². The minimum absolute atomic E-state index is 0.164. The van der Waals surface area contributed by atoms with Gasteiger partial charge in [-0.3, -0.25) is 14.9 Å². The second-order valence-corrected chi connectivity index (χ2v) is 7.14. The highest BCUT2D eigenvalue weighted by Gasteiger charge is 2.23. The standard InChI is InChI=1S/C19H22N2O4S/c1-6-25-19(24)21-17(23)15-12(4)13(5)26-18(15)20-16(22)14-8-7-10(2)11(3)9-14/h7-9H,6H2,1-5H3,(H,20,22)(H,21,23,24). The van der Waals surface area contributed by atoms with Crippen LogP contribution in [0.3, 0.4) is 0 Å². The number of benzene rings is 1. The van der Waals surface area contributed by atoms with Crippen molar-refractivity contribution in [2.45, 2.75) is 34.6 Å². The van der Waals surface area contributed by atoms with Gasteiger partial charge in [0.1, 0.15) is 5.00 Å². The molecule has 2 aromatic rings. The smallest absolute Gasteiger partial charge is 0.414 e. The van der Waals surface area contributed by atoms with Gasteiger partial charge in [-0.05, 0) is 63.4 Å².